The van der Waals surface area contributed by atoms with E-state index in [1.165, 1.54) is 12.4 Å². The highest BCUT2D eigenvalue weighted by Gasteiger charge is 2.12. The maximum atomic E-state index is 12.3. The van der Waals surface area contributed by atoms with Gasteiger partial charge in [0, 0.05) is 23.1 Å². The molecule has 1 heterocycles. The van der Waals surface area contributed by atoms with Gasteiger partial charge in [0.1, 0.15) is 0 Å². The highest BCUT2D eigenvalue weighted by molar-refractivity contribution is 6.30. The Balaban J connectivity index is 1.63. The number of nitrogens with zero attached hydrogens (tertiary/aromatic N) is 2. The monoisotopic (exact) mass is 352 g/mol. The quantitative estimate of drug-likeness (QED) is 0.715. The van der Waals surface area contributed by atoms with Gasteiger partial charge in [0.2, 0.25) is 5.95 Å². The molecule has 3 aromatic rings. The Morgan fingerprint density at radius 1 is 1.00 bits per heavy atom. The fourth-order valence-corrected chi connectivity index (χ4v) is 2.40. The summed E-state index contributed by atoms with van der Waals surface area (Å²) in [6, 6.07) is 16.9. The summed E-state index contributed by atoms with van der Waals surface area (Å²) >= 11 is 5.85. The molecule has 5 nitrogen and oxygen atoms in total. The molecule has 0 bridgehead atoms. The molecule has 0 saturated heterocycles. The zero-order valence-corrected chi connectivity index (χ0v) is 14.4. The second-order valence-corrected chi connectivity index (χ2v) is 5.97. The van der Waals surface area contributed by atoms with E-state index in [1.807, 2.05) is 49.4 Å². The minimum Gasteiger partial charge on any atom is -0.345 e. The first kappa shape index (κ1) is 16.9. The van der Waals surface area contributed by atoms with E-state index in [4.69, 9.17) is 11.6 Å². The minimum atomic E-state index is -0.214. The van der Waals surface area contributed by atoms with Crippen LogP contribution in [-0.2, 0) is 0 Å². The molecule has 1 amide bonds. The minimum absolute atomic E-state index is 0.0967. The normalized spacial score (nSPS) is 11.6. The van der Waals surface area contributed by atoms with Gasteiger partial charge in [-0.15, -0.1) is 0 Å². The molecular formula is C19H17ClN4O. The largest absolute Gasteiger partial charge is 0.345 e. The zero-order chi connectivity index (χ0) is 17.6. The van der Waals surface area contributed by atoms with Crippen molar-refractivity contribution in [3.8, 4) is 0 Å². The molecule has 25 heavy (non-hydrogen) atoms. The number of amides is 1. The Labute approximate surface area is 151 Å². The smallest absolute Gasteiger partial charge is 0.254 e. The van der Waals surface area contributed by atoms with Crippen molar-refractivity contribution in [1.82, 2.24) is 15.3 Å². The number of aromatic nitrogens is 2. The van der Waals surface area contributed by atoms with Crippen LogP contribution in [0.15, 0.2) is 67.0 Å². The Kier molecular flexibility index (Phi) is 5.26. The van der Waals surface area contributed by atoms with E-state index < -0.39 is 0 Å². The summed E-state index contributed by atoms with van der Waals surface area (Å²) in [5.41, 5.74) is 2.27. The summed E-state index contributed by atoms with van der Waals surface area (Å²) in [6.07, 6.45) is 3.00. The fourth-order valence-electron chi connectivity index (χ4n) is 2.28. The van der Waals surface area contributed by atoms with Crippen LogP contribution in [0.25, 0.3) is 0 Å². The van der Waals surface area contributed by atoms with E-state index in [2.05, 4.69) is 20.6 Å². The highest BCUT2D eigenvalue weighted by Crippen LogP contribution is 2.17. The molecule has 0 saturated carbocycles. The van der Waals surface area contributed by atoms with Gasteiger partial charge in [-0.25, -0.2) is 9.97 Å². The summed E-state index contributed by atoms with van der Waals surface area (Å²) in [4.78, 5) is 20.7. The number of nitrogens with one attached hydrogen (secondary N) is 2. The highest BCUT2D eigenvalue weighted by atomic mass is 35.5. The van der Waals surface area contributed by atoms with Gasteiger partial charge in [-0.05, 0) is 36.8 Å². The average Bonchev–Trinajstić information content (AvgIpc) is 2.65. The van der Waals surface area contributed by atoms with Crippen LogP contribution in [-0.4, -0.2) is 15.9 Å². The van der Waals surface area contributed by atoms with Crippen LogP contribution in [0.2, 0.25) is 5.02 Å². The number of hydrogen-bond donors (Lipinski definition) is 2. The second-order valence-electron chi connectivity index (χ2n) is 5.53. The average molecular weight is 353 g/mol. The van der Waals surface area contributed by atoms with Gasteiger partial charge in [0.05, 0.1) is 11.6 Å². The first-order valence-corrected chi connectivity index (χ1v) is 8.20. The lowest BCUT2D eigenvalue weighted by Crippen LogP contribution is -2.26. The molecule has 0 aliphatic carbocycles. The number of benzene rings is 2. The molecule has 1 atom stereocenters. The summed E-state index contributed by atoms with van der Waals surface area (Å²) in [7, 11) is 0. The van der Waals surface area contributed by atoms with Gasteiger partial charge in [-0.1, -0.05) is 41.9 Å². The zero-order valence-electron chi connectivity index (χ0n) is 13.6. The van der Waals surface area contributed by atoms with Crippen LogP contribution in [0.3, 0.4) is 0 Å². The molecule has 0 radical (unpaired) electrons. The van der Waals surface area contributed by atoms with Gasteiger partial charge in [0.15, 0.2) is 0 Å². The van der Waals surface area contributed by atoms with Gasteiger partial charge in [-0.2, -0.15) is 0 Å². The molecule has 2 N–H and O–H groups in total. The van der Waals surface area contributed by atoms with Crippen LogP contribution < -0.4 is 10.6 Å². The first-order valence-electron chi connectivity index (χ1n) is 7.82. The molecule has 2 aromatic carbocycles. The molecular weight excluding hydrogens is 336 g/mol. The van der Waals surface area contributed by atoms with Crippen molar-refractivity contribution in [2.24, 2.45) is 0 Å². The van der Waals surface area contributed by atoms with Crippen LogP contribution in [0.4, 0.5) is 11.6 Å². The predicted molar refractivity (Wildman–Crippen MR) is 99.1 cm³/mol. The summed E-state index contributed by atoms with van der Waals surface area (Å²) in [6.45, 7) is 1.94. The van der Waals surface area contributed by atoms with E-state index in [-0.39, 0.29) is 11.9 Å². The van der Waals surface area contributed by atoms with Crippen LogP contribution in [0, 0.1) is 0 Å². The van der Waals surface area contributed by atoms with Crippen LogP contribution >= 0.6 is 11.6 Å². The van der Waals surface area contributed by atoms with Crippen molar-refractivity contribution in [2.45, 2.75) is 13.0 Å². The number of halogens is 1. The van der Waals surface area contributed by atoms with Gasteiger partial charge >= 0.3 is 0 Å². The van der Waals surface area contributed by atoms with E-state index in [9.17, 15) is 4.79 Å². The molecule has 126 valence electrons. The van der Waals surface area contributed by atoms with Gasteiger partial charge in [0.25, 0.3) is 5.91 Å². The van der Waals surface area contributed by atoms with Crippen LogP contribution in [0.5, 0.6) is 0 Å². The van der Waals surface area contributed by atoms with Gasteiger partial charge < -0.3 is 10.6 Å². The number of carbonyl (C=O) groups is 1. The Hall–Kier alpha value is -2.92. The van der Waals surface area contributed by atoms with E-state index >= 15 is 0 Å². The molecule has 0 aliphatic rings. The number of carbonyl (C=O) groups excluding carboxylic acids is 1. The van der Waals surface area contributed by atoms with E-state index in [0.717, 1.165) is 11.3 Å². The van der Waals surface area contributed by atoms with Gasteiger partial charge in [-0.3, -0.25) is 4.79 Å². The Morgan fingerprint density at radius 3 is 2.28 bits per heavy atom. The number of anilines is 2. The predicted octanol–water partition coefficient (Wildman–Crippen LogP) is 4.36. The lowest BCUT2D eigenvalue weighted by molar-refractivity contribution is 0.0939. The molecule has 1 aromatic heterocycles. The molecule has 3 rings (SSSR count). The van der Waals surface area contributed by atoms with E-state index in [0.29, 0.717) is 16.5 Å². The van der Waals surface area contributed by atoms with Crippen molar-refractivity contribution < 1.29 is 4.79 Å². The van der Waals surface area contributed by atoms with Crippen molar-refractivity contribution in [1.29, 1.82) is 0 Å². The lowest BCUT2D eigenvalue weighted by atomic mass is 10.1. The van der Waals surface area contributed by atoms with Crippen molar-refractivity contribution in [3.05, 3.63) is 83.1 Å². The summed E-state index contributed by atoms with van der Waals surface area (Å²) in [5, 5.41) is 6.64. The fraction of sp³-hybridized carbons (Fsp3) is 0.105. The van der Waals surface area contributed by atoms with Crippen LogP contribution in [0.1, 0.15) is 28.9 Å². The SMILES string of the molecule is CC(NC(=O)c1cnc(Nc2ccc(Cl)cc2)nc1)c1ccccc1. The maximum absolute atomic E-state index is 12.3. The maximum Gasteiger partial charge on any atom is 0.254 e. The third kappa shape index (κ3) is 4.55. The third-order valence-electron chi connectivity index (χ3n) is 3.66. The standard InChI is InChI=1S/C19H17ClN4O/c1-13(14-5-3-2-4-6-14)23-18(25)15-11-21-19(22-12-15)24-17-9-7-16(20)8-10-17/h2-13H,1H3,(H,23,25)(H,21,22,24). The van der Waals surface area contributed by atoms with Crippen molar-refractivity contribution >= 4 is 29.1 Å². The number of hydrogen-bond acceptors (Lipinski definition) is 4. The lowest BCUT2D eigenvalue weighted by Gasteiger charge is -2.14. The topological polar surface area (TPSA) is 66.9 Å². The molecule has 6 heteroatoms. The first-order chi connectivity index (χ1) is 12.1. The summed E-state index contributed by atoms with van der Waals surface area (Å²) in [5.74, 6) is 0.198. The molecule has 1 unspecified atom stereocenters. The molecule has 0 fully saturated rings. The Morgan fingerprint density at radius 2 is 1.64 bits per heavy atom. The van der Waals surface area contributed by atoms with Crippen molar-refractivity contribution in [2.75, 3.05) is 5.32 Å². The number of rotatable bonds is 5. The molecule has 0 spiro atoms. The Bertz CT molecular complexity index is 836. The second kappa shape index (κ2) is 7.77. The summed E-state index contributed by atoms with van der Waals surface area (Å²) < 4.78 is 0. The van der Waals surface area contributed by atoms with E-state index in [1.54, 1.807) is 12.1 Å². The third-order valence-corrected chi connectivity index (χ3v) is 3.91. The van der Waals surface area contributed by atoms with Crippen molar-refractivity contribution in [3.63, 3.8) is 0 Å². The molecule has 0 aliphatic heterocycles.